The van der Waals surface area contributed by atoms with Crippen LogP contribution in [0.5, 0.6) is 0 Å². The summed E-state index contributed by atoms with van der Waals surface area (Å²) in [6.45, 7) is 1.19. The molecule has 0 aromatic carbocycles. The smallest absolute Gasteiger partial charge is 0.326 e. The van der Waals surface area contributed by atoms with Crippen molar-refractivity contribution in [3.05, 3.63) is 0 Å². The van der Waals surface area contributed by atoms with Crippen LogP contribution in [-0.4, -0.2) is 98.7 Å². The molecule has 0 rings (SSSR count). The van der Waals surface area contributed by atoms with Crippen molar-refractivity contribution in [2.45, 2.75) is 62.8 Å². The first-order valence-electron chi connectivity index (χ1n) is 10.6. The Hall–Kier alpha value is -3.93. The number of hydrogen-bond acceptors (Lipinski definition) is 10. The molecule has 0 aliphatic heterocycles. The fourth-order valence-electron chi connectivity index (χ4n) is 2.64. The number of rotatable bonds is 17. The number of carboxylic acid groups (broad SMARTS) is 3. The van der Waals surface area contributed by atoms with Crippen LogP contribution in [0.2, 0.25) is 0 Å². The third-order valence-corrected chi connectivity index (χ3v) is 4.96. The lowest BCUT2D eigenvalue weighted by Gasteiger charge is -2.24. The van der Waals surface area contributed by atoms with E-state index in [2.05, 4.69) is 33.9 Å². The van der Waals surface area contributed by atoms with E-state index in [0.29, 0.717) is 0 Å². The first-order chi connectivity index (χ1) is 17.1. The molecule has 0 saturated heterocycles. The SMILES string of the molecule is C[C@H](NC(=O)[C@@H](N)CC(=O)O)C(=O)N[C@@H](CC(N)=O)C(=O)N[C@@H](CS)C(=O)N[C@@H](CCC(=O)O)C(=O)O. The Morgan fingerprint density at radius 3 is 1.70 bits per heavy atom. The van der Waals surface area contributed by atoms with Crippen molar-refractivity contribution >= 4 is 60.1 Å². The van der Waals surface area contributed by atoms with Crippen molar-refractivity contribution in [3.63, 3.8) is 0 Å². The van der Waals surface area contributed by atoms with E-state index in [1.54, 1.807) is 0 Å². The molecule has 0 unspecified atom stereocenters. The van der Waals surface area contributed by atoms with Gasteiger partial charge in [0, 0.05) is 12.2 Å². The van der Waals surface area contributed by atoms with Crippen molar-refractivity contribution in [3.8, 4) is 0 Å². The molecule has 0 bridgehead atoms. The van der Waals surface area contributed by atoms with Gasteiger partial charge in [0.25, 0.3) is 0 Å². The van der Waals surface area contributed by atoms with Crippen molar-refractivity contribution in [1.29, 1.82) is 0 Å². The zero-order chi connectivity index (χ0) is 28.9. The van der Waals surface area contributed by atoms with Gasteiger partial charge in [-0.15, -0.1) is 0 Å². The Bertz CT molecular complexity index is 915. The van der Waals surface area contributed by atoms with Gasteiger partial charge in [0.1, 0.15) is 24.2 Å². The second-order valence-corrected chi connectivity index (χ2v) is 8.11. The van der Waals surface area contributed by atoms with Crippen LogP contribution in [0, 0.1) is 0 Å². The molecule has 5 amide bonds. The minimum Gasteiger partial charge on any atom is -0.481 e. The van der Waals surface area contributed by atoms with Crippen LogP contribution in [0.1, 0.15) is 32.6 Å². The maximum atomic E-state index is 12.7. The number of nitrogens with two attached hydrogens (primary N) is 2. The summed E-state index contributed by atoms with van der Waals surface area (Å²) >= 11 is 3.91. The topological polar surface area (TPSA) is 297 Å². The molecule has 0 aromatic rings. The molecule has 0 spiro atoms. The van der Waals surface area contributed by atoms with E-state index >= 15 is 0 Å². The number of hydrogen-bond donors (Lipinski definition) is 10. The summed E-state index contributed by atoms with van der Waals surface area (Å²) in [5.41, 5.74) is 10.5. The maximum absolute atomic E-state index is 12.7. The van der Waals surface area contributed by atoms with Gasteiger partial charge in [-0.1, -0.05) is 0 Å². The van der Waals surface area contributed by atoms with Gasteiger partial charge < -0.3 is 48.1 Å². The normalized spacial score (nSPS) is 14.6. The number of carbonyl (C=O) groups excluding carboxylic acids is 5. The molecule has 5 atom stereocenters. The average Bonchev–Trinajstić information content (AvgIpc) is 2.77. The highest BCUT2D eigenvalue weighted by atomic mass is 32.1. The first kappa shape index (κ1) is 33.1. The van der Waals surface area contributed by atoms with Crippen LogP contribution >= 0.6 is 12.6 Å². The van der Waals surface area contributed by atoms with E-state index in [0.717, 1.165) is 0 Å². The lowest BCUT2D eigenvalue weighted by Crippen LogP contribution is -2.59. The van der Waals surface area contributed by atoms with Gasteiger partial charge in [-0.05, 0) is 13.3 Å². The molecule has 17 nitrogen and oxygen atoms in total. The van der Waals surface area contributed by atoms with Crippen LogP contribution < -0.4 is 32.7 Å². The van der Waals surface area contributed by atoms with Crippen molar-refractivity contribution < 1.29 is 53.7 Å². The van der Waals surface area contributed by atoms with E-state index in [-0.39, 0.29) is 5.75 Å². The largest absolute Gasteiger partial charge is 0.481 e. The lowest BCUT2D eigenvalue weighted by molar-refractivity contribution is -0.143. The zero-order valence-corrected chi connectivity index (χ0v) is 20.5. The summed E-state index contributed by atoms with van der Waals surface area (Å²) in [6.07, 6.45) is -2.44. The van der Waals surface area contributed by atoms with E-state index in [1.807, 2.05) is 0 Å². The highest BCUT2D eigenvalue weighted by Crippen LogP contribution is 2.02. The number of nitrogens with one attached hydrogen (secondary N) is 4. The molecule has 0 radical (unpaired) electrons. The van der Waals surface area contributed by atoms with Gasteiger partial charge in [-0.25, -0.2) is 4.79 Å². The van der Waals surface area contributed by atoms with E-state index in [4.69, 9.17) is 26.8 Å². The standard InChI is InChI=1S/C19H30N6O11S/c1-7(22-16(32)8(20)4-14(29)30)15(31)24-10(5-12(21)26)17(33)25-11(6-37)18(34)23-9(19(35)36)2-3-13(27)28/h7-11,37H,2-6,20H2,1H3,(H2,21,26)(H,22,32)(H,23,34)(H,24,31)(H,25,33)(H,27,28)(H,29,30)(H,35,36)/t7-,8-,9-,10-,11-/m0/s1. The number of amides is 5. The molecular weight excluding hydrogens is 520 g/mol. The molecule has 0 heterocycles. The molecule has 37 heavy (non-hydrogen) atoms. The lowest BCUT2D eigenvalue weighted by atomic mass is 10.1. The quantitative estimate of drug-likeness (QED) is 0.0766. The van der Waals surface area contributed by atoms with Gasteiger partial charge in [-0.3, -0.25) is 33.6 Å². The fourth-order valence-corrected chi connectivity index (χ4v) is 2.90. The highest BCUT2D eigenvalue weighted by Gasteiger charge is 2.31. The van der Waals surface area contributed by atoms with E-state index in [9.17, 15) is 38.4 Å². The number of carboxylic acids is 3. The summed E-state index contributed by atoms with van der Waals surface area (Å²) in [5.74, 6) is -9.60. The average molecular weight is 551 g/mol. The van der Waals surface area contributed by atoms with Crippen LogP contribution in [0.15, 0.2) is 0 Å². The number of thiol groups is 1. The molecular formula is C19H30N6O11S. The minimum atomic E-state index is -1.63. The van der Waals surface area contributed by atoms with Gasteiger partial charge in [0.2, 0.25) is 29.5 Å². The molecule has 11 N–H and O–H groups in total. The number of primary amides is 1. The monoisotopic (exact) mass is 550 g/mol. The van der Waals surface area contributed by atoms with E-state index in [1.165, 1.54) is 6.92 Å². The van der Waals surface area contributed by atoms with Gasteiger partial charge in [0.05, 0.1) is 18.9 Å². The Labute approximate surface area is 215 Å². The summed E-state index contributed by atoms with van der Waals surface area (Å²) in [5, 5.41) is 35.1. The third kappa shape index (κ3) is 13.1. The summed E-state index contributed by atoms with van der Waals surface area (Å²) in [4.78, 5) is 93.5. The number of aliphatic carboxylic acids is 3. The highest BCUT2D eigenvalue weighted by molar-refractivity contribution is 7.80. The van der Waals surface area contributed by atoms with Gasteiger partial charge in [0.15, 0.2) is 0 Å². The molecule has 208 valence electrons. The predicted molar refractivity (Wildman–Crippen MR) is 126 cm³/mol. The number of carbonyl (C=O) groups is 8. The Morgan fingerprint density at radius 2 is 1.24 bits per heavy atom. The van der Waals surface area contributed by atoms with Gasteiger partial charge in [-0.2, -0.15) is 12.6 Å². The molecule has 18 heteroatoms. The zero-order valence-electron chi connectivity index (χ0n) is 19.6. The van der Waals surface area contributed by atoms with Crippen molar-refractivity contribution in [2.24, 2.45) is 11.5 Å². The van der Waals surface area contributed by atoms with E-state index < -0.39 is 103 Å². The molecule has 0 aliphatic carbocycles. The maximum Gasteiger partial charge on any atom is 0.326 e. The van der Waals surface area contributed by atoms with Crippen molar-refractivity contribution in [2.75, 3.05) is 5.75 Å². The molecule has 0 fully saturated rings. The second-order valence-electron chi connectivity index (χ2n) is 7.74. The van der Waals surface area contributed by atoms with Crippen LogP contribution in [0.25, 0.3) is 0 Å². The predicted octanol–water partition coefficient (Wildman–Crippen LogP) is -4.50. The van der Waals surface area contributed by atoms with Crippen LogP contribution in [0.3, 0.4) is 0 Å². The Morgan fingerprint density at radius 1 is 0.730 bits per heavy atom. The summed E-state index contributed by atoms with van der Waals surface area (Å²) in [6, 6.07) is -7.46. The summed E-state index contributed by atoms with van der Waals surface area (Å²) in [7, 11) is 0. The Balaban J connectivity index is 5.34. The Kier molecular flexibility index (Phi) is 14.2. The first-order valence-corrected chi connectivity index (χ1v) is 11.2. The second kappa shape index (κ2) is 15.9. The minimum absolute atomic E-state index is 0.353. The molecule has 0 aliphatic rings. The third-order valence-electron chi connectivity index (χ3n) is 4.60. The van der Waals surface area contributed by atoms with Crippen LogP contribution in [-0.2, 0) is 38.4 Å². The van der Waals surface area contributed by atoms with Crippen molar-refractivity contribution in [1.82, 2.24) is 21.3 Å². The fraction of sp³-hybridized carbons (Fsp3) is 0.579. The summed E-state index contributed by atoms with van der Waals surface area (Å²) < 4.78 is 0. The van der Waals surface area contributed by atoms with Crippen LogP contribution in [0.4, 0.5) is 0 Å². The molecule has 0 aromatic heterocycles. The molecule has 0 saturated carbocycles. The van der Waals surface area contributed by atoms with Gasteiger partial charge >= 0.3 is 17.9 Å².